The lowest BCUT2D eigenvalue weighted by atomic mass is 10.1. The van der Waals surface area contributed by atoms with E-state index in [1.54, 1.807) is 6.07 Å². The summed E-state index contributed by atoms with van der Waals surface area (Å²) in [6.07, 6.45) is 1.16. The maximum Gasteiger partial charge on any atom is 0.129 e. The fourth-order valence-corrected chi connectivity index (χ4v) is 2.92. The molecule has 0 spiro atoms. The first-order valence-electron chi connectivity index (χ1n) is 5.63. The van der Waals surface area contributed by atoms with E-state index in [2.05, 4.69) is 4.90 Å². The van der Waals surface area contributed by atoms with Gasteiger partial charge in [-0.1, -0.05) is 6.07 Å². The molecule has 0 amide bonds. The monoisotopic (exact) mass is 240 g/mol. The Hall–Kier alpha value is -0.740. The van der Waals surface area contributed by atoms with Gasteiger partial charge in [0.2, 0.25) is 0 Å². The third-order valence-electron chi connectivity index (χ3n) is 2.86. The van der Waals surface area contributed by atoms with E-state index in [1.165, 1.54) is 11.8 Å². The van der Waals surface area contributed by atoms with Crippen LogP contribution in [0.4, 0.5) is 10.1 Å². The number of nitrogens with two attached hydrogens (primary N) is 1. The second-order valence-electron chi connectivity index (χ2n) is 3.89. The summed E-state index contributed by atoms with van der Waals surface area (Å²) in [5.41, 5.74) is 7.25. The Balaban J connectivity index is 2.27. The normalized spacial score (nSPS) is 17.2. The molecule has 1 aromatic carbocycles. The van der Waals surface area contributed by atoms with Gasteiger partial charge < -0.3 is 10.6 Å². The molecule has 0 atom stereocenters. The Labute approximate surface area is 100 Å². The van der Waals surface area contributed by atoms with Crippen LogP contribution in [0.2, 0.25) is 0 Å². The van der Waals surface area contributed by atoms with Crippen LogP contribution in [0.1, 0.15) is 12.0 Å². The zero-order chi connectivity index (χ0) is 11.4. The summed E-state index contributed by atoms with van der Waals surface area (Å²) in [7, 11) is 0. The van der Waals surface area contributed by atoms with Crippen LogP contribution in [0.5, 0.6) is 0 Å². The first-order chi connectivity index (χ1) is 7.83. The zero-order valence-electron chi connectivity index (χ0n) is 9.29. The number of rotatable bonds is 2. The van der Waals surface area contributed by atoms with Crippen molar-refractivity contribution < 1.29 is 4.39 Å². The topological polar surface area (TPSA) is 29.3 Å². The number of thioether (sulfide) groups is 1. The SMILES string of the molecule is NCc1c(F)cccc1N1CCCSCC1. The molecule has 0 aromatic heterocycles. The van der Waals surface area contributed by atoms with Crippen LogP contribution in [0, 0.1) is 5.82 Å². The predicted octanol–water partition coefficient (Wildman–Crippen LogP) is 2.23. The Morgan fingerprint density at radius 2 is 2.19 bits per heavy atom. The molecule has 1 saturated heterocycles. The van der Waals surface area contributed by atoms with E-state index in [0.29, 0.717) is 5.56 Å². The molecule has 16 heavy (non-hydrogen) atoms. The number of hydrogen-bond acceptors (Lipinski definition) is 3. The fraction of sp³-hybridized carbons (Fsp3) is 0.500. The third kappa shape index (κ3) is 2.50. The molecule has 2 N–H and O–H groups in total. The fourth-order valence-electron chi connectivity index (χ4n) is 2.03. The zero-order valence-corrected chi connectivity index (χ0v) is 10.1. The van der Waals surface area contributed by atoms with Crippen LogP contribution in [-0.4, -0.2) is 24.6 Å². The summed E-state index contributed by atoms with van der Waals surface area (Å²) in [6, 6.07) is 5.22. The van der Waals surface area contributed by atoms with Crippen molar-refractivity contribution in [2.45, 2.75) is 13.0 Å². The standard InChI is InChI=1S/C12H17FN2S/c13-11-3-1-4-12(10(11)9-14)15-5-2-7-16-8-6-15/h1,3-4H,2,5-9,14H2. The number of hydrogen-bond donors (Lipinski definition) is 1. The molecule has 1 aromatic rings. The van der Waals surface area contributed by atoms with E-state index in [-0.39, 0.29) is 12.4 Å². The van der Waals surface area contributed by atoms with Gasteiger partial charge in [-0.25, -0.2) is 4.39 Å². The molecule has 1 aliphatic heterocycles. The van der Waals surface area contributed by atoms with Crippen molar-refractivity contribution in [3.05, 3.63) is 29.6 Å². The number of halogens is 1. The van der Waals surface area contributed by atoms with Gasteiger partial charge in [-0.15, -0.1) is 0 Å². The van der Waals surface area contributed by atoms with Crippen LogP contribution < -0.4 is 10.6 Å². The van der Waals surface area contributed by atoms with Gasteiger partial charge in [-0.05, 0) is 24.3 Å². The molecule has 88 valence electrons. The van der Waals surface area contributed by atoms with Crippen molar-refractivity contribution in [2.24, 2.45) is 5.73 Å². The van der Waals surface area contributed by atoms with Crippen molar-refractivity contribution in [1.82, 2.24) is 0 Å². The summed E-state index contributed by atoms with van der Waals surface area (Å²) < 4.78 is 13.6. The number of benzene rings is 1. The number of nitrogens with zero attached hydrogens (tertiary/aromatic N) is 1. The lowest BCUT2D eigenvalue weighted by Gasteiger charge is -2.25. The highest BCUT2D eigenvalue weighted by Gasteiger charge is 2.15. The van der Waals surface area contributed by atoms with Crippen molar-refractivity contribution >= 4 is 17.4 Å². The van der Waals surface area contributed by atoms with Crippen LogP contribution in [0.3, 0.4) is 0 Å². The summed E-state index contributed by atoms with van der Waals surface area (Å²) >= 11 is 1.97. The minimum Gasteiger partial charge on any atom is -0.370 e. The van der Waals surface area contributed by atoms with Crippen LogP contribution in [0.25, 0.3) is 0 Å². The van der Waals surface area contributed by atoms with Crippen LogP contribution >= 0.6 is 11.8 Å². The van der Waals surface area contributed by atoms with Crippen LogP contribution in [0.15, 0.2) is 18.2 Å². The van der Waals surface area contributed by atoms with E-state index in [1.807, 2.05) is 17.8 Å². The largest absolute Gasteiger partial charge is 0.370 e. The lowest BCUT2D eigenvalue weighted by Crippen LogP contribution is -2.27. The molecular formula is C12H17FN2S. The van der Waals surface area contributed by atoms with Gasteiger partial charge >= 0.3 is 0 Å². The van der Waals surface area contributed by atoms with Crippen LogP contribution in [-0.2, 0) is 6.54 Å². The molecule has 1 aliphatic rings. The van der Waals surface area contributed by atoms with Gasteiger partial charge in [0.25, 0.3) is 0 Å². The maximum atomic E-state index is 13.6. The number of anilines is 1. The van der Waals surface area contributed by atoms with Gasteiger partial charge in [0, 0.05) is 36.6 Å². The second-order valence-corrected chi connectivity index (χ2v) is 5.12. The second kappa shape index (κ2) is 5.55. The first kappa shape index (κ1) is 11.7. The lowest BCUT2D eigenvalue weighted by molar-refractivity contribution is 0.609. The molecule has 0 saturated carbocycles. The van der Waals surface area contributed by atoms with E-state index >= 15 is 0 Å². The molecular weight excluding hydrogens is 223 g/mol. The van der Waals surface area contributed by atoms with Gasteiger partial charge in [-0.2, -0.15) is 11.8 Å². The quantitative estimate of drug-likeness (QED) is 0.859. The Morgan fingerprint density at radius 1 is 1.31 bits per heavy atom. The molecule has 0 unspecified atom stereocenters. The molecule has 0 radical (unpaired) electrons. The van der Waals surface area contributed by atoms with E-state index in [9.17, 15) is 4.39 Å². The average molecular weight is 240 g/mol. The third-order valence-corrected chi connectivity index (χ3v) is 3.91. The Morgan fingerprint density at radius 3 is 3.00 bits per heavy atom. The summed E-state index contributed by atoms with van der Waals surface area (Å²) in [4.78, 5) is 2.26. The molecule has 4 heteroatoms. The molecule has 2 nitrogen and oxygen atoms in total. The highest BCUT2D eigenvalue weighted by Crippen LogP contribution is 2.25. The van der Waals surface area contributed by atoms with E-state index in [4.69, 9.17) is 5.73 Å². The Bertz CT molecular complexity index is 349. The van der Waals surface area contributed by atoms with E-state index in [0.717, 1.165) is 31.0 Å². The first-order valence-corrected chi connectivity index (χ1v) is 6.78. The molecule has 1 fully saturated rings. The predicted molar refractivity (Wildman–Crippen MR) is 68.4 cm³/mol. The van der Waals surface area contributed by atoms with Gasteiger partial charge in [0.1, 0.15) is 5.82 Å². The minimum absolute atomic E-state index is 0.183. The summed E-state index contributed by atoms with van der Waals surface area (Å²) in [5, 5.41) is 0. The Kier molecular flexibility index (Phi) is 4.07. The smallest absolute Gasteiger partial charge is 0.129 e. The molecule has 0 bridgehead atoms. The van der Waals surface area contributed by atoms with Crippen molar-refractivity contribution in [2.75, 3.05) is 29.5 Å². The molecule has 1 heterocycles. The summed E-state index contributed by atoms with van der Waals surface area (Å²) in [5.74, 6) is 2.13. The van der Waals surface area contributed by atoms with Gasteiger partial charge in [0.05, 0.1) is 0 Å². The van der Waals surface area contributed by atoms with Crippen molar-refractivity contribution in [3.8, 4) is 0 Å². The maximum absolute atomic E-state index is 13.6. The highest BCUT2D eigenvalue weighted by atomic mass is 32.2. The minimum atomic E-state index is -0.183. The molecule has 0 aliphatic carbocycles. The van der Waals surface area contributed by atoms with Gasteiger partial charge in [0.15, 0.2) is 0 Å². The van der Waals surface area contributed by atoms with Crippen molar-refractivity contribution in [3.63, 3.8) is 0 Å². The summed E-state index contributed by atoms with van der Waals surface area (Å²) in [6.45, 7) is 2.26. The highest BCUT2D eigenvalue weighted by molar-refractivity contribution is 7.99. The molecule has 2 rings (SSSR count). The van der Waals surface area contributed by atoms with Gasteiger partial charge in [-0.3, -0.25) is 0 Å². The average Bonchev–Trinajstić information content (AvgIpc) is 2.57. The van der Waals surface area contributed by atoms with Crippen molar-refractivity contribution in [1.29, 1.82) is 0 Å². The van der Waals surface area contributed by atoms with E-state index < -0.39 is 0 Å².